The zero-order chi connectivity index (χ0) is 12.2. The quantitative estimate of drug-likeness (QED) is 0.876. The topological polar surface area (TPSA) is 32.3 Å². The summed E-state index contributed by atoms with van der Waals surface area (Å²) in [5, 5.41) is 11.5. The van der Waals surface area contributed by atoms with Crippen LogP contribution >= 0.6 is 27.5 Å². The summed E-state index contributed by atoms with van der Waals surface area (Å²) < 4.78 is 26.1. The SMILES string of the molecule is OCC(F)(F)CNCc1ccc(Cl)cc1Br. The van der Waals surface area contributed by atoms with Gasteiger partial charge in [0, 0.05) is 16.0 Å². The van der Waals surface area contributed by atoms with Crippen LogP contribution in [0.2, 0.25) is 5.02 Å². The monoisotopic (exact) mass is 313 g/mol. The summed E-state index contributed by atoms with van der Waals surface area (Å²) >= 11 is 9.03. The highest BCUT2D eigenvalue weighted by molar-refractivity contribution is 9.10. The van der Waals surface area contributed by atoms with E-state index >= 15 is 0 Å². The summed E-state index contributed by atoms with van der Waals surface area (Å²) in [6, 6.07) is 5.13. The summed E-state index contributed by atoms with van der Waals surface area (Å²) in [5.41, 5.74) is 0.832. The van der Waals surface area contributed by atoms with Crippen LogP contribution in [0.15, 0.2) is 22.7 Å². The maximum absolute atomic E-state index is 12.7. The second-order valence-corrected chi connectivity index (χ2v) is 4.64. The molecule has 1 aromatic rings. The van der Waals surface area contributed by atoms with Gasteiger partial charge in [0.1, 0.15) is 6.61 Å². The van der Waals surface area contributed by atoms with Crippen molar-refractivity contribution in [1.29, 1.82) is 0 Å². The van der Waals surface area contributed by atoms with Gasteiger partial charge in [-0.1, -0.05) is 33.6 Å². The van der Waals surface area contributed by atoms with Crippen LogP contribution in [0.25, 0.3) is 0 Å². The Hall–Kier alpha value is -0.230. The number of rotatable bonds is 5. The lowest BCUT2D eigenvalue weighted by Crippen LogP contribution is -2.35. The van der Waals surface area contributed by atoms with E-state index in [1.165, 1.54) is 0 Å². The molecule has 0 unspecified atom stereocenters. The number of halogens is 4. The van der Waals surface area contributed by atoms with Crippen LogP contribution in [-0.4, -0.2) is 24.2 Å². The van der Waals surface area contributed by atoms with Crippen LogP contribution in [0, 0.1) is 0 Å². The fourth-order valence-electron chi connectivity index (χ4n) is 1.10. The van der Waals surface area contributed by atoms with Crippen LogP contribution in [0.5, 0.6) is 0 Å². The van der Waals surface area contributed by atoms with E-state index in [0.717, 1.165) is 10.0 Å². The second kappa shape index (κ2) is 5.91. The highest BCUT2D eigenvalue weighted by Gasteiger charge is 2.26. The van der Waals surface area contributed by atoms with E-state index in [4.69, 9.17) is 16.7 Å². The van der Waals surface area contributed by atoms with E-state index in [1.54, 1.807) is 18.2 Å². The minimum atomic E-state index is -3.08. The van der Waals surface area contributed by atoms with Gasteiger partial charge in [0.2, 0.25) is 0 Å². The first kappa shape index (κ1) is 13.8. The van der Waals surface area contributed by atoms with Gasteiger partial charge in [-0.25, -0.2) is 8.78 Å². The molecule has 0 fully saturated rings. The van der Waals surface area contributed by atoms with Gasteiger partial charge in [-0.05, 0) is 17.7 Å². The molecule has 16 heavy (non-hydrogen) atoms. The fourth-order valence-corrected chi connectivity index (χ4v) is 1.92. The molecule has 2 nitrogen and oxygen atoms in total. The molecule has 1 rings (SSSR count). The Morgan fingerprint density at radius 3 is 2.69 bits per heavy atom. The van der Waals surface area contributed by atoms with Crippen molar-refractivity contribution >= 4 is 27.5 Å². The molecule has 0 amide bonds. The van der Waals surface area contributed by atoms with Gasteiger partial charge in [0.15, 0.2) is 0 Å². The highest BCUT2D eigenvalue weighted by atomic mass is 79.9. The third kappa shape index (κ3) is 4.33. The molecule has 0 saturated heterocycles. The van der Waals surface area contributed by atoms with Gasteiger partial charge in [-0.3, -0.25) is 0 Å². The Bertz CT molecular complexity index is 363. The molecule has 0 saturated carbocycles. The first-order valence-corrected chi connectivity index (χ1v) is 5.75. The van der Waals surface area contributed by atoms with Crippen molar-refractivity contribution in [2.24, 2.45) is 0 Å². The molecular weight excluding hydrogens is 303 g/mol. The normalized spacial score (nSPS) is 11.8. The Kier molecular flexibility index (Phi) is 5.11. The van der Waals surface area contributed by atoms with E-state index in [9.17, 15) is 8.78 Å². The van der Waals surface area contributed by atoms with Gasteiger partial charge in [0.25, 0.3) is 5.92 Å². The molecule has 2 N–H and O–H groups in total. The van der Waals surface area contributed by atoms with E-state index in [-0.39, 0.29) is 6.54 Å². The van der Waals surface area contributed by atoms with Gasteiger partial charge in [-0.2, -0.15) is 0 Å². The molecule has 1 aromatic carbocycles. The third-order valence-electron chi connectivity index (χ3n) is 1.95. The summed E-state index contributed by atoms with van der Waals surface area (Å²) in [7, 11) is 0. The number of aliphatic hydroxyl groups is 1. The van der Waals surface area contributed by atoms with Crippen molar-refractivity contribution in [3.05, 3.63) is 33.3 Å². The number of hydrogen-bond acceptors (Lipinski definition) is 2. The van der Waals surface area contributed by atoms with Gasteiger partial charge in [-0.15, -0.1) is 0 Å². The Morgan fingerprint density at radius 2 is 2.12 bits per heavy atom. The lowest BCUT2D eigenvalue weighted by atomic mass is 10.2. The zero-order valence-electron chi connectivity index (χ0n) is 8.31. The van der Waals surface area contributed by atoms with Crippen LogP contribution in [0.1, 0.15) is 5.56 Å². The molecule has 0 spiro atoms. The van der Waals surface area contributed by atoms with Crippen LogP contribution < -0.4 is 5.32 Å². The molecule has 0 radical (unpaired) electrons. The average molecular weight is 315 g/mol. The van der Waals surface area contributed by atoms with Crippen molar-refractivity contribution in [2.75, 3.05) is 13.2 Å². The van der Waals surface area contributed by atoms with Gasteiger partial charge >= 0.3 is 0 Å². The maximum atomic E-state index is 12.7. The summed E-state index contributed by atoms with van der Waals surface area (Å²) in [6.45, 7) is -1.42. The van der Waals surface area contributed by atoms with Crippen molar-refractivity contribution in [2.45, 2.75) is 12.5 Å². The molecular formula is C10H11BrClF2NO. The molecule has 0 aromatic heterocycles. The molecule has 6 heteroatoms. The molecule has 0 heterocycles. The van der Waals surface area contributed by atoms with E-state index in [1.807, 2.05) is 0 Å². The average Bonchev–Trinajstić information content (AvgIpc) is 2.21. The Balaban J connectivity index is 2.49. The minimum absolute atomic E-state index is 0.285. The van der Waals surface area contributed by atoms with Gasteiger partial charge in [0.05, 0.1) is 6.54 Å². The molecule has 0 bridgehead atoms. The minimum Gasteiger partial charge on any atom is -0.390 e. The predicted octanol–water partition coefficient (Wildman–Crippen LogP) is 2.82. The predicted molar refractivity (Wildman–Crippen MR) is 62.9 cm³/mol. The van der Waals surface area contributed by atoms with Crippen LogP contribution in [0.3, 0.4) is 0 Å². The third-order valence-corrected chi connectivity index (χ3v) is 2.92. The summed E-state index contributed by atoms with van der Waals surface area (Å²) in [6.07, 6.45) is 0. The first-order chi connectivity index (χ1) is 7.44. The lowest BCUT2D eigenvalue weighted by Gasteiger charge is -2.14. The first-order valence-electron chi connectivity index (χ1n) is 4.58. The lowest BCUT2D eigenvalue weighted by molar-refractivity contribution is -0.0477. The fraction of sp³-hybridized carbons (Fsp3) is 0.400. The number of hydrogen-bond donors (Lipinski definition) is 2. The van der Waals surface area contributed by atoms with Crippen molar-refractivity contribution in [1.82, 2.24) is 5.32 Å². The number of aliphatic hydroxyl groups excluding tert-OH is 1. The van der Waals surface area contributed by atoms with Crippen molar-refractivity contribution in [3.8, 4) is 0 Å². The highest BCUT2D eigenvalue weighted by Crippen LogP contribution is 2.21. The van der Waals surface area contributed by atoms with E-state index in [2.05, 4.69) is 21.2 Å². The van der Waals surface area contributed by atoms with Gasteiger partial charge < -0.3 is 10.4 Å². The van der Waals surface area contributed by atoms with Crippen LogP contribution in [0.4, 0.5) is 8.78 Å². The second-order valence-electron chi connectivity index (χ2n) is 3.35. The Morgan fingerprint density at radius 1 is 1.44 bits per heavy atom. The maximum Gasteiger partial charge on any atom is 0.282 e. The van der Waals surface area contributed by atoms with E-state index in [0.29, 0.717) is 5.02 Å². The summed E-state index contributed by atoms with van der Waals surface area (Å²) in [4.78, 5) is 0. The van der Waals surface area contributed by atoms with Crippen LogP contribution in [-0.2, 0) is 6.54 Å². The van der Waals surface area contributed by atoms with E-state index < -0.39 is 19.1 Å². The van der Waals surface area contributed by atoms with Crippen molar-refractivity contribution in [3.63, 3.8) is 0 Å². The molecule has 90 valence electrons. The smallest absolute Gasteiger partial charge is 0.282 e. The molecule has 0 aliphatic heterocycles. The number of nitrogens with one attached hydrogen (secondary N) is 1. The summed E-state index contributed by atoms with van der Waals surface area (Å²) in [5.74, 6) is -3.08. The molecule has 0 atom stereocenters. The number of alkyl halides is 2. The largest absolute Gasteiger partial charge is 0.390 e. The standard InChI is InChI=1S/C10H11BrClF2NO/c11-9-3-8(12)2-1-7(9)4-15-5-10(13,14)6-16/h1-3,15-16H,4-6H2. The Labute approximate surface area is 106 Å². The zero-order valence-corrected chi connectivity index (χ0v) is 10.7. The molecule has 0 aliphatic rings. The van der Waals surface area contributed by atoms with Crippen molar-refractivity contribution < 1.29 is 13.9 Å². The molecule has 0 aliphatic carbocycles. The number of benzene rings is 1.